The molecule has 1 aromatic rings. The van der Waals surface area contributed by atoms with Gasteiger partial charge in [0, 0.05) is 24.6 Å². The van der Waals surface area contributed by atoms with E-state index >= 15 is 0 Å². The first-order valence-corrected chi connectivity index (χ1v) is 5.69. The van der Waals surface area contributed by atoms with Crippen LogP contribution < -0.4 is 0 Å². The van der Waals surface area contributed by atoms with Crippen molar-refractivity contribution in [3.05, 3.63) is 39.9 Å². The number of ether oxygens (including phenoxy) is 1. The average molecular weight is 250 g/mol. The Hall–Kier alpha value is -1.95. The molecular formula is C12H14N2O4. The van der Waals surface area contributed by atoms with E-state index in [-0.39, 0.29) is 17.7 Å². The van der Waals surface area contributed by atoms with Gasteiger partial charge in [0.2, 0.25) is 0 Å². The number of hydrogen-bond acceptors (Lipinski definition) is 5. The molecule has 1 unspecified atom stereocenters. The Morgan fingerprint density at radius 1 is 1.50 bits per heavy atom. The number of carbonyl (C=O) groups excluding carboxylic acids is 1. The molecule has 0 aliphatic carbocycles. The monoisotopic (exact) mass is 250 g/mol. The van der Waals surface area contributed by atoms with Crippen LogP contribution >= 0.6 is 0 Å². The largest absolute Gasteiger partial charge is 0.464 e. The van der Waals surface area contributed by atoms with Crippen LogP contribution in [0.25, 0.3) is 0 Å². The molecule has 1 heterocycles. The van der Waals surface area contributed by atoms with Crippen LogP contribution in [-0.2, 0) is 16.1 Å². The zero-order chi connectivity index (χ0) is 13.1. The molecule has 1 atom stereocenters. The van der Waals surface area contributed by atoms with Gasteiger partial charge in [0.15, 0.2) is 0 Å². The van der Waals surface area contributed by atoms with Crippen LogP contribution in [0.1, 0.15) is 12.0 Å². The van der Waals surface area contributed by atoms with E-state index < -0.39 is 4.92 Å². The van der Waals surface area contributed by atoms with Crippen molar-refractivity contribution in [2.75, 3.05) is 13.7 Å². The molecule has 0 radical (unpaired) electrons. The number of cyclic esters (lactones) is 1. The van der Waals surface area contributed by atoms with Crippen molar-refractivity contribution in [1.29, 1.82) is 0 Å². The highest BCUT2D eigenvalue weighted by Gasteiger charge is 2.31. The van der Waals surface area contributed by atoms with Crippen molar-refractivity contribution in [1.82, 2.24) is 4.90 Å². The van der Waals surface area contributed by atoms with Gasteiger partial charge in [0.05, 0.1) is 11.5 Å². The molecule has 0 bridgehead atoms. The van der Waals surface area contributed by atoms with E-state index in [4.69, 9.17) is 4.74 Å². The molecule has 0 spiro atoms. The summed E-state index contributed by atoms with van der Waals surface area (Å²) in [5.74, 6) is -0.254. The Labute approximate surface area is 104 Å². The van der Waals surface area contributed by atoms with Gasteiger partial charge in [-0.1, -0.05) is 18.2 Å². The van der Waals surface area contributed by atoms with Crippen LogP contribution in [-0.4, -0.2) is 35.5 Å². The maximum absolute atomic E-state index is 11.4. The van der Waals surface area contributed by atoms with E-state index in [0.29, 0.717) is 25.1 Å². The van der Waals surface area contributed by atoms with Crippen molar-refractivity contribution in [2.24, 2.45) is 0 Å². The van der Waals surface area contributed by atoms with E-state index in [1.807, 2.05) is 0 Å². The first-order chi connectivity index (χ1) is 8.59. The van der Waals surface area contributed by atoms with Gasteiger partial charge in [0.25, 0.3) is 5.69 Å². The first kappa shape index (κ1) is 12.5. The third-order valence-electron chi connectivity index (χ3n) is 3.05. The number of esters is 1. The molecule has 6 nitrogen and oxygen atoms in total. The van der Waals surface area contributed by atoms with Crippen molar-refractivity contribution in [3.63, 3.8) is 0 Å². The maximum Gasteiger partial charge on any atom is 0.323 e. The fraction of sp³-hybridized carbons (Fsp3) is 0.417. The van der Waals surface area contributed by atoms with Gasteiger partial charge in [-0.3, -0.25) is 19.8 Å². The highest BCUT2D eigenvalue weighted by Crippen LogP contribution is 2.21. The minimum atomic E-state index is -0.407. The Morgan fingerprint density at radius 2 is 2.22 bits per heavy atom. The molecule has 1 aromatic carbocycles. The number of likely N-dealkylation sites (N-methyl/N-ethyl adjacent to an activating group) is 1. The van der Waals surface area contributed by atoms with E-state index in [2.05, 4.69) is 0 Å². The fourth-order valence-electron chi connectivity index (χ4n) is 2.09. The molecular weight excluding hydrogens is 236 g/mol. The highest BCUT2D eigenvalue weighted by atomic mass is 16.6. The summed E-state index contributed by atoms with van der Waals surface area (Å²) < 4.78 is 4.89. The Bertz CT molecular complexity index is 475. The van der Waals surface area contributed by atoms with Crippen LogP contribution in [0.2, 0.25) is 0 Å². The molecule has 18 heavy (non-hydrogen) atoms. The van der Waals surface area contributed by atoms with Crippen molar-refractivity contribution < 1.29 is 14.5 Å². The predicted octanol–water partition coefficient (Wildman–Crippen LogP) is 1.34. The van der Waals surface area contributed by atoms with Gasteiger partial charge in [0.1, 0.15) is 6.04 Å². The van der Waals surface area contributed by atoms with Crippen LogP contribution in [0.5, 0.6) is 0 Å². The first-order valence-electron chi connectivity index (χ1n) is 5.69. The number of nitro benzene ring substituents is 1. The second-order valence-corrected chi connectivity index (χ2v) is 4.27. The molecule has 6 heteroatoms. The normalized spacial score (nSPS) is 19.0. The number of rotatable bonds is 4. The fourth-order valence-corrected chi connectivity index (χ4v) is 2.09. The van der Waals surface area contributed by atoms with Gasteiger partial charge < -0.3 is 4.74 Å². The number of carbonyl (C=O) groups is 1. The topological polar surface area (TPSA) is 72.7 Å². The van der Waals surface area contributed by atoms with Crippen LogP contribution in [0.3, 0.4) is 0 Å². The lowest BCUT2D eigenvalue weighted by atomic mass is 10.1. The minimum absolute atomic E-state index is 0.0794. The van der Waals surface area contributed by atoms with Crippen LogP contribution in [0.15, 0.2) is 24.3 Å². The van der Waals surface area contributed by atoms with Gasteiger partial charge >= 0.3 is 5.97 Å². The van der Waals surface area contributed by atoms with E-state index in [1.54, 1.807) is 30.1 Å². The number of nitro groups is 1. The third kappa shape index (κ3) is 2.48. The lowest BCUT2D eigenvalue weighted by Crippen LogP contribution is -2.34. The summed E-state index contributed by atoms with van der Waals surface area (Å²) >= 11 is 0. The summed E-state index contributed by atoms with van der Waals surface area (Å²) in [6, 6.07) is 6.25. The Kier molecular flexibility index (Phi) is 3.57. The molecule has 1 fully saturated rings. The summed E-state index contributed by atoms with van der Waals surface area (Å²) in [7, 11) is 1.77. The van der Waals surface area contributed by atoms with Crippen LogP contribution in [0.4, 0.5) is 5.69 Å². The van der Waals surface area contributed by atoms with Crippen molar-refractivity contribution in [3.8, 4) is 0 Å². The molecule has 0 N–H and O–H groups in total. The van der Waals surface area contributed by atoms with E-state index in [9.17, 15) is 14.9 Å². The summed E-state index contributed by atoms with van der Waals surface area (Å²) in [6.07, 6.45) is 0.635. The van der Waals surface area contributed by atoms with Gasteiger partial charge in [-0.15, -0.1) is 0 Å². The third-order valence-corrected chi connectivity index (χ3v) is 3.05. The lowest BCUT2D eigenvalue weighted by Gasteiger charge is -2.20. The van der Waals surface area contributed by atoms with E-state index in [1.165, 1.54) is 6.07 Å². The molecule has 0 aromatic heterocycles. The van der Waals surface area contributed by atoms with Gasteiger partial charge in [-0.2, -0.15) is 0 Å². The molecule has 2 rings (SSSR count). The molecule has 1 aliphatic rings. The standard InChI is InChI=1S/C12H14N2O4/c1-13(11-6-7-18-12(11)15)8-9-4-2-3-5-10(9)14(16)17/h2-5,11H,6-8H2,1H3. The van der Waals surface area contributed by atoms with Crippen molar-refractivity contribution in [2.45, 2.75) is 19.0 Å². The van der Waals surface area contributed by atoms with Crippen molar-refractivity contribution >= 4 is 11.7 Å². The predicted molar refractivity (Wildman–Crippen MR) is 63.9 cm³/mol. The molecule has 1 aliphatic heterocycles. The Balaban J connectivity index is 2.14. The number of benzene rings is 1. The molecule has 1 saturated heterocycles. The number of hydrogen-bond donors (Lipinski definition) is 0. The highest BCUT2D eigenvalue weighted by molar-refractivity contribution is 5.77. The van der Waals surface area contributed by atoms with Gasteiger partial charge in [-0.25, -0.2) is 0 Å². The Morgan fingerprint density at radius 3 is 2.83 bits per heavy atom. The molecule has 96 valence electrons. The summed E-state index contributed by atoms with van der Waals surface area (Å²) in [5, 5.41) is 10.9. The number of para-hydroxylation sites is 1. The second kappa shape index (κ2) is 5.14. The zero-order valence-electron chi connectivity index (χ0n) is 10.0. The summed E-state index contributed by atoms with van der Waals surface area (Å²) in [4.78, 5) is 23.7. The van der Waals surface area contributed by atoms with Gasteiger partial charge in [-0.05, 0) is 7.05 Å². The lowest BCUT2D eigenvalue weighted by molar-refractivity contribution is -0.385. The second-order valence-electron chi connectivity index (χ2n) is 4.27. The number of nitrogens with zero attached hydrogens (tertiary/aromatic N) is 2. The smallest absolute Gasteiger partial charge is 0.323 e. The van der Waals surface area contributed by atoms with Crippen LogP contribution in [0, 0.1) is 10.1 Å². The molecule has 0 amide bonds. The minimum Gasteiger partial charge on any atom is -0.464 e. The maximum atomic E-state index is 11.4. The zero-order valence-corrected chi connectivity index (χ0v) is 10.0. The quantitative estimate of drug-likeness (QED) is 0.458. The average Bonchev–Trinajstić information content (AvgIpc) is 2.76. The summed E-state index contributed by atoms with van der Waals surface area (Å²) in [5.41, 5.74) is 0.681. The van der Waals surface area contributed by atoms with E-state index in [0.717, 1.165) is 0 Å². The molecule has 0 saturated carbocycles. The summed E-state index contributed by atoms with van der Waals surface area (Å²) in [6.45, 7) is 0.779. The SMILES string of the molecule is CN(Cc1ccccc1[N+](=O)[O-])C1CCOC1=O.